The molecule has 23 heavy (non-hydrogen) atoms. The number of hydrogen-bond acceptors (Lipinski definition) is 3. The van der Waals surface area contributed by atoms with Crippen molar-refractivity contribution in [3.05, 3.63) is 11.6 Å². The summed E-state index contributed by atoms with van der Waals surface area (Å²) >= 11 is 0. The van der Waals surface area contributed by atoms with Crippen molar-refractivity contribution in [2.45, 2.75) is 59.0 Å². The Kier molecular flexibility index (Phi) is 6.27. The van der Waals surface area contributed by atoms with Crippen molar-refractivity contribution in [2.24, 2.45) is 10.4 Å². The molecule has 1 N–H and O–H groups in total. The quantitative estimate of drug-likeness (QED) is 0.443. The highest BCUT2D eigenvalue weighted by Crippen LogP contribution is 2.28. The molecule has 0 aliphatic carbocycles. The molecule has 1 saturated heterocycles. The molecule has 0 atom stereocenters. The highest BCUT2D eigenvalue weighted by atomic mass is 127. The maximum atomic E-state index is 4.44. The summed E-state index contributed by atoms with van der Waals surface area (Å²) < 4.78 is 2.29. The lowest BCUT2D eigenvalue weighted by atomic mass is 9.93. The van der Waals surface area contributed by atoms with E-state index in [2.05, 4.69) is 43.8 Å². The van der Waals surface area contributed by atoms with Crippen molar-refractivity contribution in [3.63, 3.8) is 0 Å². The Morgan fingerprint density at radius 3 is 2.74 bits per heavy atom. The summed E-state index contributed by atoms with van der Waals surface area (Å²) in [6.45, 7) is 8.53. The fourth-order valence-electron chi connectivity index (χ4n) is 3.46. The lowest BCUT2D eigenvalue weighted by Crippen LogP contribution is -2.40. The van der Waals surface area contributed by atoms with Gasteiger partial charge >= 0.3 is 0 Å². The van der Waals surface area contributed by atoms with Gasteiger partial charge in [-0.15, -0.1) is 34.2 Å². The molecule has 7 heteroatoms. The van der Waals surface area contributed by atoms with Crippen LogP contribution in [0.15, 0.2) is 4.99 Å². The highest BCUT2D eigenvalue weighted by Gasteiger charge is 2.31. The van der Waals surface area contributed by atoms with Gasteiger partial charge in [-0.3, -0.25) is 4.99 Å². The van der Waals surface area contributed by atoms with E-state index in [1.807, 2.05) is 7.05 Å². The fraction of sp³-hybridized carbons (Fsp3) is 0.812. The smallest absolute Gasteiger partial charge is 0.194 e. The third kappa shape index (κ3) is 4.36. The Balaban J connectivity index is 0.00000192. The van der Waals surface area contributed by atoms with Crippen LogP contribution in [0.4, 0.5) is 0 Å². The standard InChI is InChI=1S/C16H28N6.HI/c1-16(2)8-10-21(12-16)15(17-3)18-11-14-20-19-13-7-5-4-6-9-22(13)14;/h4-12H2,1-3H3,(H,17,18);1H. The number of nitrogens with zero attached hydrogens (tertiary/aromatic N) is 5. The van der Waals surface area contributed by atoms with Gasteiger partial charge in [-0.1, -0.05) is 20.3 Å². The third-order valence-corrected chi connectivity index (χ3v) is 4.78. The van der Waals surface area contributed by atoms with Gasteiger partial charge in [-0.05, 0) is 24.7 Å². The van der Waals surface area contributed by atoms with E-state index in [0.717, 1.165) is 43.7 Å². The molecule has 0 spiro atoms. The summed E-state index contributed by atoms with van der Waals surface area (Å²) in [5, 5.41) is 12.2. The SMILES string of the molecule is CN=C(NCc1nnc2n1CCCCC2)N1CCC(C)(C)C1.I. The maximum absolute atomic E-state index is 4.44. The molecule has 1 aromatic rings. The van der Waals surface area contributed by atoms with Gasteiger partial charge in [0.25, 0.3) is 0 Å². The first kappa shape index (κ1) is 18.5. The van der Waals surface area contributed by atoms with E-state index in [4.69, 9.17) is 0 Å². The molecule has 2 aliphatic rings. The number of likely N-dealkylation sites (tertiary alicyclic amines) is 1. The Morgan fingerprint density at radius 2 is 2.04 bits per heavy atom. The molecule has 0 saturated carbocycles. The highest BCUT2D eigenvalue weighted by molar-refractivity contribution is 14.0. The molecular weight excluding hydrogens is 403 g/mol. The van der Waals surface area contributed by atoms with Crippen LogP contribution in [0.25, 0.3) is 0 Å². The Hall–Kier alpha value is -0.860. The summed E-state index contributed by atoms with van der Waals surface area (Å²) in [6, 6.07) is 0. The van der Waals surface area contributed by atoms with E-state index >= 15 is 0 Å². The molecule has 1 aromatic heterocycles. The molecule has 1 fully saturated rings. The molecule has 130 valence electrons. The van der Waals surface area contributed by atoms with Crippen molar-refractivity contribution in [3.8, 4) is 0 Å². The van der Waals surface area contributed by atoms with Crippen LogP contribution in [0.1, 0.15) is 51.2 Å². The van der Waals surface area contributed by atoms with Crippen LogP contribution in [0.2, 0.25) is 0 Å². The summed E-state index contributed by atoms with van der Waals surface area (Å²) in [4.78, 5) is 6.79. The van der Waals surface area contributed by atoms with Crippen LogP contribution in [0.3, 0.4) is 0 Å². The predicted molar refractivity (Wildman–Crippen MR) is 103 cm³/mol. The molecular formula is C16H29IN6. The number of aromatic nitrogens is 3. The number of rotatable bonds is 2. The topological polar surface area (TPSA) is 58.3 Å². The second-order valence-electron chi connectivity index (χ2n) is 7.23. The second kappa shape index (κ2) is 7.81. The maximum Gasteiger partial charge on any atom is 0.194 e. The number of aryl methyl sites for hydroxylation is 1. The van der Waals surface area contributed by atoms with Crippen molar-refractivity contribution >= 4 is 29.9 Å². The van der Waals surface area contributed by atoms with Gasteiger partial charge < -0.3 is 14.8 Å². The number of halogens is 1. The minimum atomic E-state index is 0. The van der Waals surface area contributed by atoms with Crippen LogP contribution in [0, 0.1) is 5.41 Å². The first-order valence-corrected chi connectivity index (χ1v) is 8.46. The fourth-order valence-corrected chi connectivity index (χ4v) is 3.46. The minimum Gasteiger partial charge on any atom is -0.349 e. The van der Waals surface area contributed by atoms with E-state index < -0.39 is 0 Å². The van der Waals surface area contributed by atoms with Gasteiger partial charge in [0.05, 0.1) is 6.54 Å². The molecule has 0 radical (unpaired) electrons. The number of fused-ring (bicyclic) bond motifs is 1. The first-order chi connectivity index (χ1) is 10.6. The van der Waals surface area contributed by atoms with E-state index in [9.17, 15) is 0 Å². The van der Waals surface area contributed by atoms with Crippen LogP contribution in [0.5, 0.6) is 0 Å². The van der Waals surface area contributed by atoms with Gasteiger partial charge in [0.2, 0.25) is 0 Å². The van der Waals surface area contributed by atoms with E-state index in [1.54, 1.807) is 0 Å². The average Bonchev–Trinajstić information content (AvgIpc) is 2.95. The van der Waals surface area contributed by atoms with Gasteiger partial charge in [0.15, 0.2) is 11.8 Å². The summed E-state index contributed by atoms with van der Waals surface area (Å²) in [6.07, 6.45) is 6.03. The molecule has 6 nitrogen and oxygen atoms in total. The van der Waals surface area contributed by atoms with Crippen molar-refractivity contribution < 1.29 is 0 Å². The summed E-state index contributed by atoms with van der Waals surface area (Å²) in [5.74, 6) is 3.17. The van der Waals surface area contributed by atoms with Gasteiger partial charge in [-0.25, -0.2) is 0 Å². The van der Waals surface area contributed by atoms with Crippen LogP contribution in [-0.2, 0) is 19.5 Å². The average molecular weight is 432 g/mol. The summed E-state index contributed by atoms with van der Waals surface area (Å²) in [7, 11) is 1.86. The Morgan fingerprint density at radius 1 is 1.22 bits per heavy atom. The predicted octanol–water partition coefficient (Wildman–Crippen LogP) is 2.43. The molecule has 3 heterocycles. The zero-order valence-electron chi connectivity index (χ0n) is 14.5. The van der Waals surface area contributed by atoms with Gasteiger partial charge in [0.1, 0.15) is 5.82 Å². The molecule has 2 aliphatic heterocycles. The van der Waals surface area contributed by atoms with Crippen LogP contribution >= 0.6 is 24.0 Å². The lowest BCUT2D eigenvalue weighted by Gasteiger charge is -2.23. The molecule has 0 aromatic carbocycles. The molecule has 0 amide bonds. The van der Waals surface area contributed by atoms with Gasteiger partial charge in [0, 0.05) is 33.1 Å². The summed E-state index contributed by atoms with van der Waals surface area (Å²) in [5.41, 5.74) is 0.379. The lowest BCUT2D eigenvalue weighted by molar-refractivity contribution is 0.369. The van der Waals surface area contributed by atoms with Crippen LogP contribution < -0.4 is 5.32 Å². The van der Waals surface area contributed by atoms with Gasteiger partial charge in [-0.2, -0.15) is 0 Å². The Bertz CT molecular complexity index is 551. The van der Waals surface area contributed by atoms with Crippen molar-refractivity contribution in [1.29, 1.82) is 0 Å². The Labute approximate surface area is 156 Å². The van der Waals surface area contributed by atoms with E-state index in [-0.39, 0.29) is 24.0 Å². The monoisotopic (exact) mass is 432 g/mol. The van der Waals surface area contributed by atoms with E-state index in [0.29, 0.717) is 12.0 Å². The molecule has 3 rings (SSSR count). The normalized spacial score (nSPS) is 20.7. The van der Waals surface area contributed by atoms with E-state index in [1.165, 1.54) is 25.7 Å². The van der Waals surface area contributed by atoms with Crippen LogP contribution in [-0.4, -0.2) is 45.8 Å². The number of aliphatic imine (C=N–C) groups is 1. The zero-order chi connectivity index (χ0) is 15.6. The third-order valence-electron chi connectivity index (χ3n) is 4.78. The minimum absolute atomic E-state index is 0. The first-order valence-electron chi connectivity index (χ1n) is 8.46. The molecule has 0 bridgehead atoms. The number of hydrogen-bond donors (Lipinski definition) is 1. The zero-order valence-corrected chi connectivity index (χ0v) is 16.8. The van der Waals surface area contributed by atoms with Crippen molar-refractivity contribution in [2.75, 3.05) is 20.1 Å². The second-order valence-corrected chi connectivity index (χ2v) is 7.23. The molecule has 0 unspecified atom stereocenters. The number of guanidine groups is 1. The van der Waals surface area contributed by atoms with Crippen molar-refractivity contribution in [1.82, 2.24) is 25.0 Å². The largest absolute Gasteiger partial charge is 0.349 e. The number of nitrogens with one attached hydrogen (secondary N) is 1.